The van der Waals surface area contributed by atoms with Crippen molar-refractivity contribution in [3.8, 4) is 16.9 Å². The summed E-state index contributed by atoms with van der Waals surface area (Å²) in [5.41, 5.74) is 0.525. The third kappa shape index (κ3) is 3.60. The van der Waals surface area contributed by atoms with Gasteiger partial charge in [-0.25, -0.2) is 4.39 Å². The number of hydrogen-bond donors (Lipinski definition) is 0. The SMILES string of the molecule is O=Cc1cc(F)cc(-c2cccc(OC(F)(F)C(F)F)c2)c1. The second-order valence-electron chi connectivity index (χ2n) is 4.38. The van der Waals surface area contributed by atoms with Crippen LogP contribution >= 0.6 is 0 Å². The van der Waals surface area contributed by atoms with E-state index in [1.807, 2.05) is 0 Å². The van der Waals surface area contributed by atoms with E-state index in [-0.39, 0.29) is 16.7 Å². The molecule has 0 atom stereocenters. The second kappa shape index (κ2) is 6.13. The molecule has 0 unspecified atom stereocenters. The molecule has 0 saturated carbocycles. The van der Waals surface area contributed by atoms with Crippen LogP contribution in [-0.4, -0.2) is 18.8 Å². The maximum atomic E-state index is 13.4. The van der Waals surface area contributed by atoms with E-state index < -0.39 is 24.1 Å². The fourth-order valence-corrected chi connectivity index (χ4v) is 1.79. The average Bonchev–Trinajstić information content (AvgIpc) is 2.46. The van der Waals surface area contributed by atoms with Gasteiger partial charge in [0.1, 0.15) is 17.9 Å². The molecule has 0 aromatic heterocycles. The van der Waals surface area contributed by atoms with E-state index in [0.29, 0.717) is 6.29 Å². The lowest BCUT2D eigenvalue weighted by molar-refractivity contribution is -0.253. The van der Waals surface area contributed by atoms with Crippen LogP contribution in [-0.2, 0) is 0 Å². The molecule has 0 saturated heterocycles. The lowest BCUT2D eigenvalue weighted by Gasteiger charge is -2.17. The highest BCUT2D eigenvalue weighted by Gasteiger charge is 2.43. The van der Waals surface area contributed by atoms with Gasteiger partial charge in [-0.1, -0.05) is 12.1 Å². The number of aldehydes is 1. The van der Waals surface area contributed by atoms with Crippen molar-refractivity contribution in [1.29, 1.82) is 0 Å². The summed E-state index contributed by atoms with van der Waals surface area (Å²) in [6, 6.07) is 8.27. The van der Waals surface area contributed by atoms with Crippen molar-refractivity contribution >= 4 is 6.29 Å². The Bertz CT molecular complexity index is 685. The lowest BCUT2D eigenvalue weighted by atomic mass is 10.0. The first-order valence-electron chi connectivity index (χ1n) is 6.03. The van der Waals surface area contributed by atoms with Crippen molar-refractivity contribution in [2.45, 2.75) is 12.5 Å². The summed E-state index contributed by atoms with van der Waals surface area (Å²) >= 11 is 0. The molecule has 0 amide bonds. The van der Waals surface area contributed by atoms with Crippen LogP contribution in [0.25, 0.3) is 11.1 Å². The van der Waals surface area contributed by atoms with Crippen molar-refractivity contribution in [2.75, 3.05) is 0 Å². The van der Waals surface area contributed by atoms with Crippen molar-refractivity contribution in [1.82, 2.24) is 0 Å². The molecule has 0 aliphatic carbocycles. The largest absolute Gasteiger partial charge is 0.461 e. The number of halogens is 5. The quantitative estimate of drug-likeness (QED) is 0.598. The third-order valence-electron chi connectivity index (χ3n) is 2.73. The van der Waals surface area contributed by atoms with Crippen LogP contribution in [0, 0.1) is 5.82 Å². The second-order valence-corrected chi connectivity index (χ2v) is 4.38. The fourth-order valence-electron chi connectivity index (χ4n) is 1.79. The summed E-state index contributed by atoms with van der Waals surface area (Å²) in [4.78, 5) is 10.7. The van der Waals surface area contributed by atoms with Gasteiger partial charge in [0, 0.05) is 5.56 Å². The van der Waals surface area contributed by atoms with Gasteiger partial charge in [0.2, 0.25) is 0 Å². The van der Waals surface area contributed by atoms with Crippen molar-refractivity contribution in [3.05, 3.63) is 53.8 Å². The van der Waals surface area contributed by atoms with E-state index >= 15 is 0 Å². The van der Waals surface area contributed by atoms with E-state index in [9.17, 15) is 26.7 Å². The Morgan fingerprint density at radius 1 is 1.05 bits per heavy atom. The molecule has 22 heavy (non-hydrogen) atoms. The molecule has 0 heterocycles. The van der Waals surface area contributed by atoms with Crippen molar-refractivity contribution < 1.29 is 31.5 Å². The van der Waals surface area contributed by atoms with Gasteiger partial charge >= 0.3 is 12.5 Å². The molecule has 7 heteroatoms. The first-order valence-corrected chi connectivity index (χ1v) is 6.03. The zero-order valence-corrected chi connectivity index (χ0v) is 10.9. The highest BCUT2D eigenvalue weighted by atomic mass is 19.3. The lowest BCUT2D eigenvalue weighted by Crippen LogP contribution is -2.33. The summed E-state index contributed by atoms with van der Waals surface area (Å²) in [7, 11) is 0. The number of benzene rings is 2. The van der Waals surface area contributed by atoms with Crippen LogP contribution in [0.3, 0.4) is 0 Å². The minimum atomic E-state index is -4.63. The molecule has 2 aromatic carbocycles. The highest BCUT2D eigenvalue weighted by molar-refractivity contribution is 5.79. The van der Waals surface area contributed by atoms with Gasteiger partial charge in [0.25, 0.3) is 0 Å². The number of hydrogen-bond acceptors (Lipinski definition) is 2. The number of rotatable bonds is 5. The summed E-state index contributed by atoms with van der Waals surface area (Å²) in [6.45, 7) is 0. The topological polar surface area (TPSA) is 26.3 Å². The van der Waals surface area contributed by atoms with Gasteiger partial charge in [-0.05, 0) is 41.5 Å². The van der Waals surface area contributed by atoms with Crippen LogP contribution < -0.4 is 4.74 Å². The van der Waals surface area contributed by atoms with E-state index in [1.54, 1.807) is 0 Å². The molecule has 0 aliphatic heterocycles. The molecule has 2 rings (SSSR count). The normalized spacial score (nSPS) is 11.5. The Hall–Kier alpha value is -2.44. The zero-order chi connectivity index (χ0) is 16.3. The van der Waals surface area contributed by atoms with Crippen LogP contribution in [0.1, 0.15) is 10.4 Å². The standard InChI is InChI=1S/C15H9F5O2/c16-12-5-9(8-21)4-11(6-12)10-2-1-3-13(7-10)22-15(19,20)14(17)18/h1-8,14H. The van der Waals surface area contributed by atoms with Crippen LogP contribution in [0.2, 0.25) is 0 Å². The molecule has 0 N–H and O–H groups in total. The molecular formula is C15H9F5O2. The molecule has 0 spiro atoms. The van der Waals surface area contributed by atoms with Gasteiger partial charge in [0.15, 0.2) is 0 Å². The Labute approximate surface area is 122 Å². The Kier molecular flexibility index (Phi) is 4.44. The molecule has 0 aliphatic rings. The van der Waals surface area contributed by atoms with Gasteiger partial charge in [-0.2, -0.15) is 17.6 Å². The molecule has 0 radical (unpaired) electrons. The minimum absolute atomic E-state index is 0.0548. The van der Waals surface area contributed by atoms with Crippen molar-refractivity contribution in [2.24, 2.45) is 0 Å². The molecule has 116 valence electrons. The van der Waals surface area contributed by atoms with Crippen LogP contribution in [0.5, 0.6) is 5.75 Å². The molecule has 2 aromatic rings. The predicted molar refractivity (Wildman–Crippen MR) is 68.8 cm³/mol. The van der Waals surface area contributed by atoms with E-state index in [1.165, 1.54) is 18.2 Å². The molecule has 0 bridgehead atoms. The van der Waals surface area contributed by atoms with E-state index in [2.05, 4.69) is 4.74 Å². The number of ether oxygens (including phenoxy) is 1. The number of alkyl halides is 4. The Morgan fingerprint density at radius 3 is 2.41 bits per heavy atom. The van der Waals surface area contributed by atoms with Crippen molar-refractivity contribution in [3.63, 3.8) is 0 Å². The van der Waals surface area contributed by atoms with E-state index in [0.717, 1.165) is 24.3 Å². The minimum Gasteiger partial charge on any atom is -0.428 e. The maximum absolute atomic E-state index is 13.4. The monoisotopic (exact) mass is 316 g/mol. The predicted octanol–water partition coefficient (Wildman–Crippen LogP) is 4.54. The summed E-state index contributed by atoms with van der Waals surface area (Å²) in [5, 5.41) is 0. The average molecular weight is 316 g/mol. The van der Waals surface area contributed by atoms with Crippen LogP contribution in [0.4, 0.5) is 22.0 Å². The highest BCUT2D eigenvalue weighted by Crippen LogP contribution is 2.30. The van der Waals surface area contributed by atoms with Gasteiger partial charge < -0.3 is 4.74 Å². The number of carbonyl (C=O) groups excluding carboxylic acids is 1. The van der Waals surface area contributed by atoms with Gasteiger partial charge in [0.05, 0.1) is 0 Å². The smallest absolute Gasteiger partial charge is 0.428 e. The zero-order valence-electron chi connectivity index (χ0n) is 10.9. The molecular weight excluding hydrogens is 307 g/mol. The Balaban J connectivity index is 2.36. The third-order valence-corrected chi connectivity index (χ3v) is 2.73. The van der Waals surface area contributed by atoms with Gasteiger partial charge in [-0.3, -0.25) is 4.79 Å². The first-order chi connectivity index (χ1) is 10.3. The Morgan fingerprint density at radius 2 is 1.77 bits per heavy atom. The first kappa shape index (κ1) is 15.9. The van der Waals surface area contributed by atoms with Gasteiger partial charge in [-0.15, -0.1) is 0 Å². The maximum Gasteiger partial charge on any atom is 0.461 e. The molecule has 0 fully saturated rings. The van der Waals surface area contributed by atoms with E-state index in [4.69, 9.17) is 0 Å². The van der Waals surface area contributed by atoms with Crippen LogP contribution in [0.15, 0.2) is 42.5 Å². The summed E-state index contributed by atoms with van der Waals surface area (Å²) < 4.78 is 67.3. The summed E-state index contributed by atoms with van der Waals surface area (Å²) in [5.74, 6) is -1.19. The molecule has 2 nitrogen and oxygen atoms in total. The summed E-state index contributed by atoms with van der Waals surface area (Å²) in [6.07, 6.45) is -8.18. The number of carbonyl (C=O) groups is 1. The fraction of sp³-hybridized carbons (Fsp3) is 0.133.